The molecule has 4 nitrogen and oxygen atoms in total. The molecule has 0 radical (unpaired) electrons. The molecule has 0 aliphatic rings. The van der Waals surface area contributed by atoms with Crippen LogP contribution in [-0.4, -0.2) is 15.0 Å². The van der Waals surface area contributed by atoms with Gasteiger partial charge in [-0.3, -0.25) is 4.98 Å². The normalized spacial score (nSPS) is 12.1. The fraction of sp³-hybridized carbons (Fsp3) is 0.250. The summed E-state index contributed by atoms with van der Waals surface area (Å²) in [4.78, 5) is 10.0. The first-order valence-corrected chi connectivity index (χ1v) is 6.74. The molecule has 0 spiro atoms. The summed E-state index contributed by atoms with van der Waals surface area (Å²) in [6.45, 7) is 4.09. The summed E-state index contributed by atoms with van der Waals surface area (Å²) in [7, 11) is 0. The Morgan fingerprint density at radius 3 is 2.89 bits per heavy atom. The second-order valence-electron chi connectivity index (χ2n) is 3.94. The Balaban J connectivity index is 2.21. The van der Waals surface area contributed by atoms with Crippen LogP contribution < -0.4 is 11.1 Å². The van der Waals surface area contributed by atoms with Gasteiger partial charge in [-0.1, -0.05) is 12.2 Å². The molecule has 94 valence electrons. The highest BCUT2D eigenvalue weighted by atomic mass is 32.1. The molecule has 0 bridgehead atoms. The van der Waals surface area contributed by atoms with Gasteiger partial charge in [0.2, 0.25) is 0 Å². The molecule has 2 heterocycles. The molecule has 1 unspecified atom stereocenters. The first-order valence-electron chi connectivity index (χ1n) is 5.51. The topological polar surface area (TPSA) is 63.8 Å². The number of rotatable bonds is 4. The number of hydrogen-bond donors (Lipinski definition) is 2. The summed E-state index contributed by atoms with van der Waals surface area (Å²) >= 11 is 6.66. The highest BCUT2D eigenvalue weighted by molar-refractivity contribution is 7.80. The Kier molecular flexibility index (Phi) is 3.88. The standard InChI is InChI=1S/C12H14N4S2/c1-7-6-15-12(18-7)8(2)16-9-4-3-5-14-10(9)11(13)17/h3-6,8,16H,1-2H3,(H2,13,17). The quantitative estimate of drug-likeness (QED) is 0.842. The molecular formula is C12H14N4S2. The van der Waals surface area contributed by atoms with Gasteiger partial charge in [-0.15, -0.1) is 11.3 Å². The van der Waals surface area contributed by atoms with Crippen LogP contribution in [0.4, 0.5) is 5.69 Å². The Morgan fingerprint density at radius 2 is 2.28 bits per heavy atom. The molecule has 0 fully saturated rings. The zero-order chi connectivity index (χ0) is 13.1. The highest BCUT2D eigenvalue weighted by Crippen LogP contribution is 2.24. The lowest BCUT2D eigenvalue weighted by Crippen LogP contribution is -2.16. The summed E-state index contributed by atoms with van der Waals surface area (Å²) in [6, 6.07) is 3.86. The number of nitrogens with zero attached hydrogens (tertiary/aromatic N) is 2. The minimum absolute atomic E-state index is 0.0981. The molecule has 0 aliphatic carbocycles. The van der Waals surface area contributed by atoms with Gasteiger partial charge >= 0.3 is 0 Å². The van der Waals surface area contributed by atoms with Crippen molar-refractivity contribution in [1.29, 1.82) is 0 Å². The summed E-state index contributed by atoms with van der Waals surface area (Å²) in [5, 5.41) is 4.37. The Hall–Kier alpha value is -1.53. The second-order valence-corrected chi connectivity index (χ2v) is 5.65. The fourth-order valence-electron chi connectivity index (χ4n) is 1.59. The lowest BCUT2D eigenvalue weighted by molar-refractivity contribution is 0.867. The van der Waals surface area contributed by atoms with Gasteiger partial charge in [-0.25, -0.2) is 4.98 Å². The lowest BCUT2D eigenvalue weighted by atomic mass is 10.2. The Labute approximate surface area is 115 Å². The maximum atomic E-state index is 5.65. The summed E-state index contributed by atoms with van der Waals surface area (Å²) < 4.78 is 0. The number of nitrogens with two attached hydrogens (primary N) is 1. The van der Waals surface area contributed by atoms with Crippen molar-refractivity contribution in [2.75, 3.05) is 5.32 Å². The van der Waals surface area contributed by atoms with Crippen molar-refractivity contribution in [1.82, 2.24) is 9.97 Å². The van der Waals surface area contributed by atoms with E-state index >= 15 is 0 Å². The van der Waals surface area contributed by atoms with E-state index in [4.69, 9.17) is 18.0 Å². The highest BCUT2D eigenvalue weighted by Gasteiger charge is 2.12. The molecule has 0 aliphatic heterocycles. The van der Waals surface area contributed by atoms with Crippen LogP contribution in [0, 0.1) is 6.92 Å². The fourth-order valence-corrected chi connectivity index (χ4v) is 2.52. The first-order chi connectivity index (χ1) is 8.58. The van der Waals surface area contributed by atoms with Crippen molar-refractivity contribution in [3.8, 4) is 0 Å². The van der Waals surface area contributed by atoms with Crippen molar-refractivity contribution >= 4 is 34.2 Å². The van der Waals surface area contributed by atoms with E-state index in [9.17, 15) is 0 Å². The summed E-state index contributed by atoms with van der Waals surface area (Å²) in [5.74, 6) is 0. The molecule has 2 aromatic heterocycles. The van der Waals surface area contributed by atoms with E-state index < -0.39 is 0 Å². The smallest absolute Gasteiger partial charge is 0.124 e. The SMILES string of the molecule is Cc1cnc(C(C)Nc2cccnc2C(N)=S)s1. The Bertz CT molecular complexity index is 565. The zero-order valence-electron chi connectivity index (χ0n) is 10.2. The van der Waals surface area contributed by atoms with Crippen LogP contribution in [0.3, 0.4) is 0 Å². The van der Waals surface area contributed by atoms with Crippen molar-refractivity contribution in [3.05, 3.63) is 40.1 Å². The van der Waals surface area contributed by atoms with E-state index in [1.165, 1.54) is 4.88 Å². The van der Waals surface area contributed by atoms with Crippen LogP contribution in [-0.2, 0) is 0 Å². The van der Waals surface area contributed by atoms with Crippen molar-refractivity contribution in [3.63, 3.8) is 0 Å². The van der Waals surface area contributed by atoms with Crippen LogP contribution in [0.2, 0.25) is 0 Å². The molecule has 18 heavy (non-hydrogen) atoms. The summed E-state index contributed by atoms with van der Waals surface area (Å²) in [6.07, 6.45) is 3.55. The molecule has 3 N–H and O–H groups in total. The van der Waals surface area contributed by atoms with Crippen LogP contribution in [0.1, 0.15) is 28.5 Å². The van der Waals surface area contributed by atoms with E-state index in [1.807, 2.05) is 25.3 Å². The third-order valence-electron chi connectivity index (χ3n) is 2.42. The van der Waals surface area contributed by atoms with Crippen LogP contribution in [0.5, 0.6) is 0 Å². The maximum absolute atomic E-state index is 5.65. The van der Waals surface area contributed by atoms with Gasteiger partial charge < -0.3 is 11.1 Å². The molecule has 0 amide bonds. The van der Waals surface area contributed by atoms with E-state index in [-0.39, 0.29) is 6.04 Å². The lowest BCUT2D eigenvalue weighted by Gasteiger charge is -2.14. The number of hydrogen-bond acceptors (Lipinski definition) is 5. The molecule has 0 saturated carbocycles. The molecule has 2 aromatic rings. The first kappa shape index (κ1) is 12.9. The predicted molar refractivity (Wildman–Crippen MR) is 79.0 cm³/mol. The van der Waals surface area contributed by atoms with Gasteiger partial charge in [0.25, 0.3) is 0 Å². The van der Waals surface area contributed by atoms with Crippen LogP contribution in [0.25, 0.3) is 0 Å². The number of aryl methyl sites for hydroxylation is 1. The number of anilines is 1. The van der Waals surface area contributed by atoms with E-state index in [2.05, 4.69) is 22.2 Å². The molecule has 0 saturated heterocycles. The maximum Gasteiger partial charge on any atom is 0.124 e. The van der Waals surface area contributed by atoms with Crippen LogP contribution >= 0.6 is 23.6 Å². The van der Waals surface area contributed by atoms with Gasteiger partial charge in [-0.2, -0.15) is 0 Å². The van der Waals surface area contributed by atoms with Crippen molar-refractivity contribution in [2.24, 2.45) is 5.73 Å². The van der Waals surface area contributed by atoms with E-state index in [1.54, 1.807) is 17.5 Å². The van der Waals surface area contributed by atoms with Gasteiger partial charge in [-0.05, 0) is 26.0 Å². The van der Waals surface area contributed by atoms with E-state index in [0.29, 0.717) is 10.7 Å². The molecule has 2 rings (SSSR count). The van der Waals surface area contributed by atoms with Gasteiger partial charge in [0, 0.05) is 17.3 Å². The molecule has 6 heteroatoms. The number of thiocarbonyl (C=S) groups is 1. The molecule has 0 aromatic carbocycles. The number of aromatic nitrogens is 2. The van der Waals surface area contributed by atoms with E-state index in [0.717, 1.165) is 10.7 Å². The second kappa shape index (κ2) is 5.41. The average molecular weight is 278 g/mol. The zero-order valence-corrected chi connectivity index (χ0v) is 11.8. The van der Waals surface area contributed by atoms with Crippen molar-refractivity contribution in [2.45, 2.75) is 19.9 Å². The molecular weight excluding hydrogens is 264 g/mol. The van der Waals surface area contributed by atoms with Crippen molar-refractivity contribution < 1.29 is 0 Å². The minimum Gasteiger partial charge on any atom is -0.388 e. The summed E-state index contributed by atoms with van der Waals surface area (Å²) in [5.41, 5.74) is 7.11. The number of nitrogens with one attached hydrogen (secondary N) is 1. The largest absolute Gasteiger partial charge is 0.388 e. The van der Waals surface area contributed by atoms with Crippen LogP contribution in [0.15, 0.2) is 24.5 Å². The Morgan fingerprint density at radius 1 is 1.50 bits per heavy atom. The van der Waals surface area contributed by atoms with Gasteiger partial charge in [0.1, 0.15) is 15.7 Å². The predicted octanol–water partition coefficient (Wildman–Crippen LogP) is 2.65. The monoisotopic (exact) mass is 278 g/mol. The number of pyridine rings is 1. The third-order valence-corrected chi connectivity index (χ3v) is 3.71. The minimum atomic E-state index is 0.0981. The van der Waals surface area contributed by atoms with Gasteiger partial charge in [0.05, 0.1) is 11.7 Å². The third kappa shape index (κ3) is 2.83. The number of thiazole rings is 1. The average Bonchev–Trinajstić information content (AvgIpc) is 2.76. The van der Waals surface area contributed by atoms with Gasteiger partial charge in [0.15, 0.2) is 0 Å². The molecule has 1 atom stereocenters.